The highest BCUT2D eigenvalue weighted by Crippen LogP contribution is 2.36. The Morgan fingerprint density at radius 2 is 2.30 bits per heavy atom. The molecule has 0 radical (unpaired) electrons. The van der Waals surface area contributed by atoms with Gasteiger partial charge in [0, 0.05) is 24.4 Å². The predicted octanol–water partition coefficient (Wildman–Crippen LogP) is 1.48. The lowest BCUT2D eigenvalue weighted by molar-refractivity contribution is -0.130. The van der Waals surface area contributed by atoms with Gasteiger partial charge in [-0.05, 0) is 12.5 Å². The molecule has 1 saturated heterocycles. The van der Waals surface area contributed by atoms with Crippen molar-refractivity contribution in [3.05, 3.63) is 23.8 Å². The molecule has 1 fully saturated rings. The zero-order chi connectivity index (χ0) is 14.1. The summed E-state index contributed by atoms with van der Waals surface area (Å²) in [4.78, 5) is 13.9. The van der Waals surface area contributed by atoms with Crippen LogP contribution in [0.1, 0.15) is 12.0 Å². The first kappa shape index (κ1) is 12.9. The molecule has 0 saturated carbocycles. The van der Waals surface area contributed by atoms with Gasteiger partial charge in [0.25, 0.3) is 0 Å². The average molecular weight is 271 g/mol. The number of carbonyl (C=O) groups is 1. The minimum Gasteiger partial charge on any atom is -0.493 e. The summed E-state index contributed by atoms with van der Waals surface area (Å²) in [5.41, 5.74) is 1.08. The summed E-state index contributed by atoms with van der Waals surface area (Å²) < 4.78 is 11.1. The van der Waals surface area contributed by atoms with E-state index in [-0.39, 0.29) is 17.9 Å². The number of rotatable bonds is 2. The van der Waals surface area contributed by atoms with Gasteiger partial charge in [0.1, 0.15) is 6.61 Å². The minimum absolute atomic E-state index is 0.0363. The third-order valence-corrected chi connectivity index (χ3v) is 3.99. The first-order valence-electron chi connectivity index (χ1n) is 6.77. The number of likely N-dealkylation sites (tertiary alicyclic amines) is 1. The molecule has 1 amide bonds. The molecule has 104 valence electrons. The quantitative estimate of drug-likeness (QED) is 0.765. The van der Waals surface area contributed by atoms with E-state index in [1.165, 1.54) is 0 Å². The van der Waals surface area contributed by atoms with Crippen LogP contribution in [-0.2, 0) is 11.2 Å². The van der Waals surface area contributed by atoms with E-state index in [2.05, 4.69) is 5.92 Å². The third-order valence-electron chi connectivity index (χ3n) is 3.99. The summed E-state index contributed by atoms with van der Waals surface area (Å²) in [5, 5.41) is 0. The van der Waals surface area contributed by atoms with Crippen LogP contribution in [0, 0.1) is 18.3 Å². The van der Waals surface area contributed by atoms with Gasteiger partial charge in [-0.25, -0.2) is 0 Å². The van der Waals surface area contributed by atoms with Gasteiger partial charge < -0.3 is 14.4 Å². The molecule has 3 rings (SSSR count). The Morgan fingerprint density at radius 3 is 3.00 bits per heavy atom. The summed E-state index contributed by atoms with van der Waals surface area (Å²) in [5.74, 6) is 4.39. The summed E-state index contributed by atoms with van der Waals surface area (Å²) >= 11 is 0. The lowest BCUT2D eigenvalue weighted by Crippen LogP contribution is -2.44. The number of hydrogen-bond donors (Lipinski definition) is 0. The number of amides is 1. The molecule has 0 aromatic heterocycles. The van der Waals surface area contributed by atoms with Gasteiger partial charge in [-0.15, -0.1) is 12.3 Å². The molecule has 2 atom stereocenters. The third kappa shape index (κ3) is 2.09. The largest absolute Gasteiger partial charge is 0.493 e. The van der Waals surface area contributed by atoms with E-state index in [0.29, 0.717) is 19.6 Å². The Kier molecular flexibility index (Phi) is 3.27. The van der Waals surface area contributed by atoms with Crippen molar-refractivity contribution >= 4 is 5.91 Å². The molecule has 20 heavy (non-hydrogen) atoms. The van der Waals surface area contributed by atoms with Crippen molar-refractivity contribution in [2.24, 2.45) is 5.92 Å². The van der Waals surface area contributed by atoms with E-state index < -0.39 is 0 Å². The first-order chi connectivity index (χ1) is 9.72. The molecule has 2 aliphatic heterocycles. The molecule has 4 nitrogen and oxygen atoms in total. The summed E-state index contributed by atoms with van der Waals surface area (Å²) in [6.45, 7) is 1.14. The van der Waals surface area contributed by atoms with Gasteiger partial charge in [0.15, 0.2) is 11.5 Å². The van der Waals surface area contributed by atoms with Crippen molar-refractivity contribution in [2.45, 2.75) is 18.9 Å². The van der Waals surface area contributed by atoms with Crippen molar-refractivity contribution in [2.75, 3.05) is 20.3 Å². The van der Waals surface area contributed by atoms with Gasteiger partial charge in [-0.1, -0.05) is 12.1 Å². The Bertz CT molecular complexity index is 576. The van der Waals surface area contributed by atoms with Gasteiger partial charge in [0.05, 0.1) is 13.2 Å². The van der Waals surface area contributed by atoms with Crippen LogP contribution in [0.3, 0.4) is 0 Å². The number of carbonyl (C=O) groups excluding carboxylic acids is 1. The minimum atomic E-state index is 0.0363. The monoisotopic (exact) mass is 271 g/mol. The van der Waals surface area contributed by atoms with Crippen LogP contribution in [-0.4, -0.2) is 37.1 Å². The van der Waals surface area contributed by atoms with Crippen molar-refractivity contribution in [1.82, 2.24) is 4.90 Å². The molecule has 1 aromatic carbocycles. The van der Waals surface area contributed by atoms with Gasteiger partial charge >= 0.3 is 0 Å². The van der Waals surface area contributed by atoms with Gasteiger partial charge in [0.2, 0.25) is 5.91 Å². The zero-order valence-corrected chi connectivity index (χ0v) is 11.5. The number of para-hydroxylation sites is 1. The van der Waals surface area contributed by atoms with Gasteiger partial charge in [-0.2, -0.15) is 0 Å². The number of benzene rings is 1. The van der Waals surface area contributed by atoms with Crippen LogP contribution in [0.4, 0.5) is 0 Å². The number of hydrogen-bond acceptors (Lipinski definition) is 3. The maximum atomic E-state index is 12.0. The van der Waals surface area contributed by atoms with E-state index in [4.69, 9.17) is 15.9 Å². The maximum Gasteiger partial charge on any atom is 0.224 e. The molecule has 2 unspecified atom stereocenters. The van der Waals surface area contributed by atoms with E-state index >= 15 is 0 Å². The van der Waals surface area contributed by atoms with Gasteiger partial charge in [-0.3, -0.25) is 4.79 Å². The highest BCUT2D eigenvalue weighted by atomic mass is 16.5. The van der Waals surface area contributed by atoms with Crippen molar-refractivity contribution < 1.29 is 14.3 Å². The lowest BCUT2D eigenvalue weighted by Gasteiger charge is -2.32. The van der Waals surface area contributed by atoms with Crippen LogP contribution in [0.25, 0.3) is 0 Å². The second-order valence-electron chi connectivity index (χ2n) is 5.23. The topological polar surface area (TPSA) is 38.8 Å². The molecule has 0 N–H and O–H groups in total. The fourth-order valence-electron chi connectivity index (χ4n) is 2.94. The second-order valence-corrected chi connectivity index (χ2v) is 5.23. The number of terminal acetylenes is 1. The molecule has 2 heterocycles. The standard InChI is InChI=1S/C16H17NO3/c1-3-11-7-15(18)17(9-11)13-8-12-5-4-6-14(19-2)16(12)20-10-13/h1,4-6,11,13H,7-10H2,2H3. The Hall–Kier alpha value is -2.15. The molecule has 4 heteroatoms. The van der Waals surface area contributed by atoms with Crippen molar-refractivity contribution in [3.63, 3.8) is 0 Å². The van der Waals surface area contributed by atoms with Crippen LogP contribution in [0.5, 0.6) is 11.5 Å². The molecule has 1 aromatic rings. The van der Waals surface area contributed by atoms with E-state index in [0.717, 1.165) is 23.5 Å². The fraction of sp³-hybridized carbons (Fsp3) is 0.438. The van der Waals surface area contributed by atoms with E-state index in [1.807, 2.05) is 23.1 Å². The van der Waals surface area contributed by atoms with E-state index in [9.17, 15) is 4.79 Å². The lowest BCUT2D eigenvalue weighted by atomic mass is 10.0. The van der Waals surface area contributed by atoms with Crippen molar-refractivity contribution in [1.29, 1.82) is 0 Å². The average Bonchev–Trinajstić information content (AvgIpc) is 2.87. The fourth-order valence-corrected chi connectivity index (χ4v) is 2.94. The van der Waals surface area contributed by atoms with Crippen LogP contribution < -0.4 is 9.47 Å². The number of ether oxygens (including phenoxy) is 2. The molecule has 2 aliphatic rings. The molecule has 0 spiro atoms. The predicted molar refractivity (Wildman–Crippen MR) is 74.6 cm³/mol. The van der Waals surface area contributed by atoms with Crippen LogP contribution in [0.15, 0.2) is 18.2 Å². The Morgan fingerprint density at radius 1 is 1.45 bits per heavy atom. The Balaban J connectivity index is 1.80. The van der Waals surface area contributed by atoms with E-state index in [1.54, 1.807) is 7.11 Å². The Labute approximate surface area is 118 Å². The zero-order valence-electron chi connectivity index (χ0n) is 11.5. The number of fused-ring (bicyclic) bond motifs is 1. The van der Waals surface area contributed by atoms with Crippen LogP contribution >= 0.6 is 0 Å². The summed E-state index contributed by atoms with van der Waals surface area (Å²) in [6.07, 6.45) is 6.67. The highest BCUT2D eigenvalue weighted by Gasteiger charge is 2.36. The SMILES string of the molecule is C#CC1CC(=O)N(C2COc3c(cccc3OC)C2)C1. The summed E-state index contributed by atoms with van der Waals surface area (Å²) in [6, 6.07) is 5.91. The highest BCUT2D eigenvalue weighted by molar-refractivity contribution is 5.79. The molecular weight excluding hydrogens is 254 g/mol. The first-order valence-corrected chi connectivity index (χ1v) is 6.77. The number of nitrogens with zero attached hydrogens (tertiary/aromatic N) is 1. The van der Waals surface area contributed by atoms with Crippen molar-refractivity contribution in [3.8, 4) is 23.8 Å². The number of methoxy groups -OCH3 is 1. The van der Waals surface area contributed by atoms with Crippen LogP contribution in [0.2, 0.25) is 0 Å². The second kappa shape index (κ2) is 5.09. The summed E-state index contributed by atoms with van der Waals surface area (Å²) in [7, 11) is 1.63. The normalized spacial score (nSPS) is 24.8. The molecule has 0 bridgehead atoms. The molecular formula is C16H17NO3. The maximum absolute atomic E-state index is 12.0. The smallest absolute Gasteiger partial charge is 0.224 e. The molecule has 0 aliphatic carbocycles.